The van der Waals surface area contributed by atoms with Crippen LogP contribution >= 0.6 is 0 Å². The summed E-state index contributed by atoms with van der Waals surface area (Å²) in [6.07, 6.45) is 3.42. The summed E-state index contributed by atoms with van der Waals surface area (Å²) in [5, 5.41) is -0.404. The summed E-state index contributed by atoms with van der Waals surface area (Å²) in [7, 11) is -3.01. The average molecular weight is 267 g/mol. The highest BCUT2D eigenvalue weighted by Crippen LogP contribution is 2.29. The number of nitrogens with two attached hydrogens (primary N) is 1. The van der Waals surface area contributed by atoms with Gasteiger partial charge in [0.25, 0.3) is 0 Å². The van der Waals surface area contributed by atoms with E-state index in [2.05, 4.69) is 6.92 Å². The number of sulfone groups is 1. The summed E-state index contributed by atoms with van der Waals surface area (Å²) in [5.41, 5.74) is 8.34. The molecule has 0 aromatic heterocycles. The molecule has 3 nitrogen and oxygen atoms in total. The van der Waals surface area contributed by atoms with Gasteiger partial charge in [0.2, 0.25) is 0 Å². The van der Waals surface area contributed by atoms with Gasteiger partial charge in [-0.15, -0.1) is 0 Å². The summed E-state index contributed by atoms with van der Waals surface area (Å²) >= 11 is 0. The maximum atomic E-state index is 12.0. The van der Waals surface area contributed by atoms with Gasteiger partial charge < -0.3 is 5.73 Å². The monoisotopic (exact) mass is 267 g/mol. The Morgan fingerprint density at radius 1 is 1.28 bits per heavy atom. The molecule has 1 aromatic carbocycles. The quantitative estimate of drug-likeness (QED) is 0.913. The van der Waals surface area contributed by atoms with Crippen molar-refractivity contribution in [2.45, 2.75) is 43.9 Å². The lowest BCUT2D eigenvalue weighted by atomic mass is 9.99. The van der Waals surface area contributed by atoms with Crippen molar-refractivity contribution in [2.24, 2.45) is 5.73 Å². The van der Waals surface area contributed by atoms with Gasteiger partial charge in [0.1, 0.15) is 0 Å². The van der Waals surface area contributed by atoms with Gasteiger partial charge in [-0.2, -0.15) is 0 Å². The number of aryl methyl sites for hydroxylation is 1. The van der Waals surface area contributed by atoms with Crippen LogP contribution in [0.25, 0.3) is 0 Å². The molecule has 1 aliphatic rings. The molecule has 2 atom stereocenters. The zero-order valence-corrected chi connectivity index (χ0v) is 11.6. The predicted molar refractivity (Wildman–Crippen MR) is 74.2 cm³/mol. The van der Waals surface area contributed by atoms with Gasteiger partial charge in [-0.3, -0.25) is 0 Å². The van der Waals surface area contributed by atoms with Crippen molar-refractivity contribution in [1.82, 2.24) is 0 Å². The first-order valence-corrected chi connectivity index (χ1v) is 8.32. The van der Waals surface area contributed by atoms with Crippen molar-refractivity contribution in [3.8, 4) is 0 Å². The van der Waals surface area contributed by atoms with Crippen molar-refractivity contribution >= 4 is 9.84 Å². The molecule has 0 amide bonds. The second kappa shape index (κ2) is 5.41. The Balaban J connectivity index is 2.21. The van der Waals surface area contributed by atoms with Gasteiger partial charge in [-0.05, 0) is 30.4 Å². The van der Waals surface area contributed by atoms with Gasteiger partial charge in [0.05, 0.1) is 11.0 Å². The fourth-order valence-electron chi connectivity index (χ4n) is 2.57. The Morgan fingerprint density at radius 3 is 2.50 bits per heavy atom. The van der Waals surface area contributed by atoms with E-state index in [0.717, 1.165) is 24.8 Å². The first-order chi connectivity index (χ1) is 8.54. The molecule has 100 valence electrons. The van der Waals surface area contributed by atoms with Gasteiger partial charge in [0, 0.05) is 6.04 Å². The molecule has 1 saturated heterocycles. The highest BCUT2D eigenvalue weighted by molar-refractivity contribution is 7.92. The summed E-state index contributed by atoms with van der Waals surface area (Å²) in [4.78, 5) is 0. The van der Waals surface area contributed by atoms with Crippen LogP contribution in [0.15, 0.2) is 24.3 Å². The van der Waals surface area contributed by atoms with Gasteiger partial charge >= 0.3 is 0 Å². The van der Waals surface area contributed by atoms with Gasteiger partial charge in [-0.25, -0.2) is 8.42 Å². The maximum Gasteiger partial charge on any atom is 0.155 e. The number of benzene rings is 1. The Hall–Kier alpha value is -0.870. The average Bonchev–Trinajstić information content (AvgIpc) is 2.37. The summed E-state index contributed by atoms with van der Waals surface area (Å²) in [6, 6.07) is 7.61. The fourth-order valence-corrected chi connectivity index (χ4v) is 4.61. The lowest BCUT2D eigenvalue weighted by Gasteiger charge is -2.27. The van der Waals surface area contributed by atoms with E-state index in [-0.39, 0.29) is 6.04 Å². The Bertz CT molecular complexity index is 493. The molecule has 0 spiro atoms. The van der Waals surface area contributed by atoms with Crippen molar-refractivity contribution in [2.75, 3.05) is 5.75 Å². The molecule has 0 bridgehead atoms. The fraction of sp³-hybridized carbons (Fsp3) is 0.571. The van der Waals surface area contributed by atoms with E-state index in [0.29, 0.717) is 12.2 Å². The summed E-state index contributed by atoms with van der Waals surface area (Å²) < 4.78 is 24.1. The SMILES string of the molecule is CCc1ccc(C(N)C2CCCCS2(=O)=O)cc1. The van der Waals surface area contributed by atoms with Gasteiger partial charge in [0.15, 0.2) is 9.84 Å². The molecular weight excluding hydrogens is 246 g/mol. The Kier molecular flexibility index (Phi) is 4.07. The summed E-state index contributed by atoms with van der Waals surface area (Å²) in [5.74, 6) is 0.290. The Labute approximate surface area is 109 Å². The van der Waals surface area contributed by atoms with E-state index in [4.69, 9.17) is 5.73 Å². The molecule has 2 unspecified atom stereocenters. The van der Waals surface area contributed by atoms with Crippen LogP contribution in [-0.2, 0) is 16.3 Å². The topological polar surface area (TPSA) is 60.2 Å². The minimum atomic E-state index is -3.01. The maximum absolute atomic E-state index is 12.0. The van der Waals surface area contributed by atoms with E-state index in [1.807, 2.05) is 24.3 Å². The number of hydrogen-bond acceptors (Lipinski definition) is 3. The Morgan fingerprint density at radius 2 is 1.94 bits per heavy atom. The molecule has 1 aliphatic heterocycles. The van der Waals surface area contributed by atoms with Crippen molar-refractivity contribution in [3.63, 3.8) is 0 Å². The van der Waals surface area contributed by atoms with Crippen LogP contribution in [0.2, 0.25) is 0 Å². The smallest absolute Gasteiger partial charge is 0.155 e. The summed E-state index contributed by atoms with van der Waals surface area (Å²) in [6.45, 7) is 2.10. The standard InChI is InChI=1S/C14H21NO2S/c1-2-11-6-8-12(9-7-11)14(15)13-5-3-4-10-18(13,16)17/h6-9,13-14H,2-5,10,15H2,1H3. The third-order valence-corrected chi connectivity index (χ3v) is 6.11. The van der Waals surface area contributed by atoms with Crippen LogP contribution in [-0.4, -0.2) is 19.4 Å². The van der Waals surface area contributed by atoms with E-state index < -0.39 is 15.1 Å². The molecule has 1 fully saturated rings. The highest BCUT2D eigenvalue weighted by atomic mass is 32.2. The van der Waals surface area contributed by atoms with Crippen molar-refractivity contribution < 1.29 is 8.42 Å². The first kappa shape index (κ1) is 13.6. The van der Waals surface area contributed by atoms with Crippen LogP contribution in [0, 0.1) is 0 Å². The second-order valence-corrected chi connectivity index (χ2v) is 7.36. The molecule has 0 radical (unpaired) electrons. The molecule has 4 heteroatoms. The zero-order chi connectivity index (χ0) is 13.2. The third kappa shape index (κ3) is 2.75. The molecule has 0 saturated carbocycles. The van der Waals surface area contributed by atoms with E-state index in [1.54, 1.807) is 0 Å². The van der Waals surface area contributed by atoms with Crippen LogP contribution < -0.4 is 5.73 Å². The molecule has 2 rings (SSSR count). The van der Waals surface area contributed by atoms with Crippen LogP contribution in [0.5, 0.6) is 0 Å². The molecule has 1 heterocycles. The highest BCUT2D eigenvalue weighted by Gasteiger charge is 2.34. The predicted octanol–water partition coefficient (Wildman–Crippen LogP) is 2.22. The molecule has 18 heavy (non-hydrogen) atoms. The largest absolute Gasteiger partial charge is 0.323 e. The van der Waals surface area contributed by atoms with E-state index in [9.17, 15) is 8.42 Å². The number of hydrogen-bond donors (Lipinski definition) is 1. The van der Waals surface area contributed by atoms with E-state index in [1.165, 1.54) is 5.56 Å². The van der Waals surface area contributed by atoms with E-state index >= 15 is 0 Å². The molecule has 1 aromatic rings. The molecular formula is C14H21NO2S. The third-order valence-electron chi connectivity index (χ3n) is 3.80. The minimum Gasteiger partial charge on any atom is -0.323 e. The van der Waals surface area contributed by atoms with Crippen LogP contribution in [0.3, 0.4) is 0 Å². The normalized spacial score (nSPS) is 24.7. The first-order valence-electron chi connectivity index (χ1n) is 6.60. The zero-order valence-electron chi connectivity index (χ0n) is 10.8. The molecule has 2 N–H and O–H groups in total. The molecule has 0 aliphatic carbocycles. The second-order valence-electron chi connectivity index (χ2n) is 5.02. The van der Waals surface area contributed by atoms with Crippen LogP contribution in [0.4, 0.5) is 0 Å². The van der Waals surface area contributed by atoms with Crippen LogP contribution in [0.1, 0.15) is 43.4 Å². The minimum absolute atomic E-state index is 0.290. The van der Waals surface area contributed by atoms with Crippen molar-refractivity contribution in [3.05, 3.63) is 35.4 Å². The van der Waals surface area contributed by atoms with Crippen molar-refractivity contribution in [1.29, 1.82) is 0 Å². The lowest BCUT2D eigenvalue weighted by Crippen LogP contribution is -2.37. The lowest BCUT2D eigenvalue weighted by molar-refractivity contribution is 0.504. The number of rotatable bonds is 3. The van der Waals surface area contributed by atoms with Gasteiger partial charge in [-0.1, -0.05) is 37.6 Å².